The summed E-state index contributed by atoms with van der Waals surface area (Å²) in [6.07, 6.45) is 0.460. The van der Waals surface area contributed by atoms with Crippen molar-refractivity contribution in [1.29, 1.82) is 0 Å². The predicted octanol–water partition coefficient (Wildman–Crippen LogP) is 3.62. The van der Waals surface area contributed by atoms with Crippen molar-refractivity contribution < 1.29 is 14.0 Å². The monoisotopic (exact) mass is 392 g/mol. The number of hydrogen-bond acceptors (Lipinski definition) is 2. The number of halogens is 2. The molecule has 2 rings (SSSR count). The number of para-hydroxylation sites is 1. The highest BCUT2D eigenvalue weighted by atomic mass is 79.9. The number of benzene rings is 2. The number of nitrogens with one attached hydrogen (secondary N) is 1. The molecule has 1 N–H and O–H groups in total. The van der Waals surface area contributed by atoms with Crippen molar-refractivity contribution in [2.45, 2.75) is 12.8 Å². The number of rotatable bonds is 6. The van der Waals surface area contributed by atoms with Crippen LogP contribution >= 0.6 is 15.9 Å². The summed E-state index contributed by atoms with van der Waals surface area (Å²) in [6.45, 7) is -0.0581. The average Bonchev–Trinajstić information content (AvgIpc) is 2.56. The summed E-state index contributed by atoms with van der Waals surface area (Å²) in [5.41, 5.74) is 1.15. The van der Waals surface area contributed by atoms with Crippen LogP contribution in [0.4, 0.5) is 10.1 Å². The van der Waals surface area contributed by atoms with Crippen LogP contribution in [0.1, 0.15) is 12.0 Å². The Bertz CT molecular complexity index is 736. The van der Waals surface area contributed by atoms with E-state index in [1.165, 1.54) is 11.0 Å². The predicted molar refractivity (Wildman–Crippen MR) is 95.1 cm³/mol. The van der Waals surface area contributed by atoms with Crippen molar-refractivity contribution in [1.82, 2.24) is 4.90 Å². The number of amides is 2. The molecule has 0 bridgehead atoms. The van der Waals surface area contributed by atoms with Crippen LogP contribution in [0, 0.1) is 5.82 Å². The van der Waals surface area contributed by atoms with Crippen LogP contribution in [0.15, 0.2) is 53.0 Å². The van der Waals surface area contributed by atoms with Crippen LogP contribution in [-0.4, -0.2) is 30.3 Å². The van der Waals surface area contributed by atoms with Crippen molar-refractivity contribution in [3.63, 3.8) is 0 Å². The van der Waals surface area contributed by atoms with E-state index >= 15 is 0 Å². The molecule has 24 heavy (non-hydrogen) atoms. The third-order valence-corrected chi connectivity index (χ3v) is 4.21. The van der Waals surface area contributed by atoms with Crippen molar-refractivity contribution in [3.8, 4) is 0 Å². The van der Waals surface area contributed by atoms with Gasteiger partial charge in [-0.25, -0.2) is 4.39 Å². The van der Waals surface area contributed by atoms with Gasteiger partial charge in [-0.15, -0.1) is 0 Å². The number of likely N-dealkylation sites (N-methyl/N-ethyl adjacent to an activating group) is 1. The summed E-state index contributed by atoms with van der Waals surface area (Å²) in [6, 6.07) is 13.6. The van der Waals surface area contributed by atoms with E-state index in [1.54, 1.807) is 31.3 Å². The Morgan fingerprint density at radius 1 is 1.12 bits per heavy atom. The maximum atomic E-state index is 13.5. The molecule has 126 valence electrons. The lowest BCUT2D eigenvalue weighted by atomic mass is 10.1. The van der Waals surface area contributed by atoms with E-state index in [0.29, 0.717) is 17.7 Å². The van der Waals surface area contributed by atoms with Crippen LogP contribution < -0.4 is 5.32 Å². The lowest BCUT2D eigenvalue weighted by Crippen LogP contribution is -2.35. The zero-order valence-electron chi connectivity index (χ0n) is 13.3. The Morgan fingerprint density at radius 2 is 1.79 bits per heavy atom. The van der Waals surface area contributed by atoms with Gasteiger partial charge in [0.25, 0.3) is 0 Å². The Hall–Kier alpha value is -2.21. The van der Waals surface area contributed by atoms with Crippen LogP contribution in [0.2, 0.25) is 0 Å². The molecule has 0 aliphatic heterocycles. The quantitative estimate of drug-likeness (QED) is 0.815. The molecule has 0 aromatic heterocycles. The molecule has 0 atom stereocenters. The largest absolute Gasteiger partial charge is 0.336 e. The molecular formula is C18H18BrFN2O2. The van der Waals surface area contributed by atoms with E-state index in [0.717, 1.165) is 4.47 Å². The number of nitrogens with zero attached hydrogens (tertiary/aromatic N) is 1. The molecule has 0 heterocycles. The summed E-state index contributed by atoms with van der Waals surface area (Å²) < 4.78 is 14.3. The number of carbonyl (C=O) groups excluding carboxylic acids is 2. The minimum absolute atomic E-state index is 0.0581. The standard InChI is InChI=1S/C18H18BrFN2O2/c1-22(12-17(23)21-16-9-5-3-7-14(16)19)18(24)11-10-13-6-2-4-8-15(13)20/h2-9H,10-12H2,1H3,(H,21,23). The molecule has 0 aliphatic rings. The summed E-state index contributed by atoms with van der Waals surface area (Å²) >= 11 is 3.35. The van der Waals surface area contributed by atoms with E-state index < -0.39 is 0 Å². The third kappa shape index (κ3) is 5.16. The third-order valence-electron chi connectivity index (χ3n) is 3.52. The maximum absolute atomic E-state index is 13.5. The zero-order chi connectivity index (χ0) is 17.5. The topological polar surface area (TPSA) is 49.4 Å². The Kier molecular flexibility index (Phi) is 6.49. The molecule has 0 saturated carbocycles. The second-order valence-electron chi connectivity index (χ2n) is 5.37. The highest BCUT2D eigenvalue weighted by Crippen LogP contribution is 2.21. The number of hydrogen-bond donors (Lipinski definition) is 1. The van der Waals surface area contributed by atoms with E-state index in [-0.39, 0.29) is 30.6 Å². The van der Waals surface area contributed by atoms with Gasteiger partial charge in [0.2, 0.25) is 11.8 Å². The fraction of sp³-hybridized carbons (Fsp3) is 0.222. The molecule has 2 aromatic carbocycles. The fourth-order valence-electron chi connectivity index (χ4n) is 2.19. The van der Waals surface area contributed by atoms with Crippen molar-refractivity contribution >= 4 is 33.4 Å². The first-order valence-electron chi connectivity index (χ1n) is 7.49. The first-order valence-corrected chi connectivity index (χ1v) is 8.28. The number of anilines is 1. The second kappa shape index (κ2) is 8.59. The highest BCUT2D eigenvalue weighted by molar-refractivity contribution is 9.10. The second-order valence-corrected chi connectivity index (χ2v) is 6.22. The van der Waals surface area contributed by atoms with Gasteiger partial charge in [-0.2, -0.15) is 0 Å². The number of carbonyl (C=O) groups is 2. The molecule has 0 aliphatic carbocycles. The van der Waals surface area contributed by atoms with Crippen molar-refractivity contribution in [2.75, 3.05) is 18.9 Å². The molecule has 0 saturated heterocycles. The van der Waals surface area contributed by atoms with E-state index in [9.17, 15) is 14.0 Å². The lowest BCUT2D eigenvalue weighted by molar-refractivity contribution is -0.133. The van der Waals surface area contributed by atoms with Gasteiger partial charge in [0.15, 0.2) is 0 Å². The maximum Gasteiger partial charge on any atom is 0.244 e. The van der Waals surface area contributed by atoms with E-state index in [2.05, 4.69) is 21.2 Å². The van der Waals surface area contributed by atoms with Gasteiger partial charge in [-0.3, -0.25) is 9.59 Å². The zero-order valence-corrected chi connectivity index (χ0v) is 14.8. The van der Waals surface area contributed by atoms with Crippen molar-refractivity contribution in [3.05, 3.63) is 64.4 Å². The van der Waals surface area contributed by atoms with Crippen LogP contribution in [-0.2, 0) is 16.0 Å². The van der Waals surface area contributed by atoms with Crippen LogP contribution in [0.25, 0.3) is 0 Å². The van der Waals surface area contributed by atoms with Crippen LogP contribution in [0.3, 0.4) is 0 Å². The molecule has 0 unspecified atom stereocenters. The summed E-state index contributed by atoms with van der Waals surface area (Å²) in [4.78, 5) is 25.5. The first-order chi connectivity index (χ1) is 11.5. The van der Waals surface area contributed by atoms with Crippen molar-refractivity contribution in [2.24, 2.45) is 0 Å². The minimum atomic E-state index is -0.320. The van der Waals surface area contributed by atoms with E-state index in [4.69, 9.17) is 0 Å². The fourth-order valence-corrected chi connectivity index (χ4v) is 2.57. The van der Waals surface area contributed by atoms with Crippen LogP contribution in [0.5, 0.6) is 0 Å². The van der Waals surface area contributed by atoms with Gasteiger partial charge in [-0.05, 0) is 46.1 Å². The molecule has 0 radical (unpaired) electrons. The van der Waals surface area contributed by atoms with Gasteiger partial charge in [-0.1, -0.05) is 30.3 Å². The molecule has 0 spiro atoms. The Labute approximate surface area is 148 Å². The minimum Gasteiger partial charge on any atom is -0.336 e. The summed E-state index contributed by atoms with van der Waals surface area (Å²) in [5.74, 6) is -0.816. The normalized spacial score (nSPS) is 10.3. The molecule has 4 nitrogen and oxygen atoms in total. The SMILES string of the molecule is CN(CC(=O)Nc1ccccc1Br)C(=O)CCc1ccccc1F. The Balaban J connectivity index is 1.84. The molecule has 2 amide bonds. The summed E-state index contributed by atoms with van der Waals surface area (Å²) in [5, 5.41) is 2.74. The van der Waals surface area contributed by atoms with E-state index in [1.807, 2.05) is 18.2 Å². The summed E-state index contributed by atoms with van der Waals surface area (Å²) in [7, 11) is 1.56. The van der Waals surface area contributed by atoms with Gasteiger partial charge in [0, 0.05) is 17.9 Å². The van der Waals surface area contributed by atoms with Gasteiger partial charge >= 0.3 is 0 Å². The molecule has 0 fully saturated rings. The number of aryl methyl sites for hydroxylation is 1. The van der Waals surface area contributed by atoms with Gasteiger partial charge in [0.05, 0.1) is 12.2 Å². The van der Waals surface area contributed by atoms with Gasteiger partial charge in [0.1, 0.15) is 5.82 Å². The lowest BCUT2D eigenvalue weighted by Gasteiger charge is -2.17. The smallest absolute Gasteiger partial charge is 0.244 e. The highest BCUT2D eigenvalue weighted by Gasteiger charge is 2.14. The van der Waals surface area contributed by atoms with Gasteiger partial charge < -0.3 is 10.2 Å². The molecule has 2 aromatic rings. The molecule has 6 heteroatoms. The average molecular weight is 393 g/mol. The first kappa shape index (κ1) is 18.1. The molecular weight excluding hydrogens is 375 g/mol. The Morgan fingerprint density at radius 3 is 2.50 bits per heavy atom.